The summed E-state index contributed by atoms with van der Waals surface area (Å²) in [5.74, 6) is 0.942. The lowest BCUT2D eigenvalue weighted by atomic mass is 10.2. The van der Waals surface area contributed by atoms with E-state index in [0.717, 1.165) is 35.5 Å². The number of nitrogens with two attached hydrogens (primary N) is 1. The van der Waals surface area contributed by atoms with Crippen molar-refractivity contribution in [3.8, 4) is 0 Å². The number of aromatic nitrogens is 2. The Labute approximate surface area is 95.0 Å². The first-order valence-corrected chi connectivity index (χ1v) is 5.50. The molecule has 4 nitrogen and oxygen atoms in total. The maximum Gasteiger partial charge on any atom is 0.136 e. The molecule has 1 aromatic carbocycles. The standard InChI is InChI=1S/C12H17N3O/c1-3-7-15-10-6-4-5-9(13)12(10)14-11(15)8-16-2/h4-6H,3,7-8,13H2,1-2H3. The zero-order chi connectivity index (χ0) is 11.5. The van der Waals surface area contributed by atoms with E-state index >= 15 is 0 Å². The van der Waals surface area contributed by atoms with Gasteiger partial charge >= 0.3 is 0 Å². The highest BCUT2D eigenvalue weighted by Gasteiger charge is 2.11. The topological polar surface area (TPSA) is 53.1 Å². The maximum absolute atomic E-state index is 5.91. The van der Waals surface area contributed by atoms with Crippen LogP contribution in [0.4, 0.5) is 5.69 Å². The van der Waals surface area contributed by atoms with Crippen molar-refractivity contribution in [1.82, 2.24) is 9.55 Å². The average Bonchev–Trinajstić information content (AvgIpc) is 2.61. The normalized spacial score (nSPS) is 11.1. The van der Waals surface area contributed by atoms with Gasteiger partial charge in [0.25, 0.3) is 0 Å². The summed E-state index contributed by atoms with van der Waals surface area (Å²) in [5, 5.41) is 0. The number of rotatable bonds is 4. The van der Waals surface area contributed by atoms with Crippen molar-refractivity contribution in [3.05, 3.63) is 24.0 Å². The number of para-hydroxylation sites is 1. The Morgan fingerprint density at radius 1 is 1.44 bits per heavy atom. The van der Waals surface area contributed by atoms with E-state index in [0.29, 0.717) is 6.61 Å². The zero-order valence-corrected chi connectivity index (χ0v) is 9.73. The van der Waals surface area contributed by atoms with E-state index in [1.165, 1.54) is 0 Å². The number of ether oxygens (including phenoxy) is 1. The van der Waals surface area contributed by atoms with Crippen LogP contribution in [0.15, 0.2) is 18.2 Å². The first-order valence-electron chi connectivity index (χ1n) is 5.50. The molecule has 16 heavy (non-hydrogen) atoms. The van der Waals surface area contributed by atoms with Gasteiger partial charge in [0.2, 0.25) is 0 Å². The number of benzene rings is 1. The monoisotopic (exact) mass is 219 g/mol. The van der Waals surface area contributed by atoms with Crippen LogP contribution in [0.3, 0.4) is 0 Å². The Morgan fingerprint density at radius 2 is 2.25 bits per heavy atom. The van der Waals surface area contributed by atoms with E-state index < -0.39 is 0 Å². The number of anilines is 1. The summed E-state index contributed by atoms with van der Waals surface area (Å²) in [7, 11) is 1.68. The number of nitrogen functional groups attached to an aromatic ring is 1. The summed E-state index contributed by atoms with van der Waals surface area (Å²) >= 11 is 0. The van der Waals surface area contributed by atoms with Gasteiger partial charge in [-0.05, 0) is 18.6 Å². The molecule has 2 N–H and O–H groups in total. The molecule has 2 aromatic rings. The van der Waals surface area contributed by atoms with Gasteiger partial charge in [0.1, 0.15) is 17.9 Å². The van der Waals surface area contributed by atoms with Gasteiger partial charge in [0.15, 0.2) is 0 Å². The van der Waals surface area contributed by atoms with Gasteiger partial charge in [0.05, 0.1) is 11.2 Å². The van der Waals surface area contributed by atoms with Crippen molar-refractivity contribution in [2.24, 2.45) is 0 Å². The fraction of sp³-hybridized carbons (Fsp3) is 0.417. The molecular weight excluding hydrogens is 202 g/mol. The number of hydrogen-bond donors (Lipinski definition) is 1. The fourth-order valence-electron chi connectivity index (χ4n) is 1.93. The van der Waals surface area contributed by atoms with E-state index in [9.17, 15) is 0 Å². The summed E-state index contributed by atoms with van der Waals surface area (Å²) in [6.45, 7) is 3.61. The Hall–Kier alpha value is -1.55. The molecule has 0 fully saturated rings. The molecule has 0 aliphatic heterocycles. The van der Waals surface area contributed by atoms with Gasteiger partial charge in [-0.15, -0.1) is 0 Å². The van der Waals surface area contributed by atoms with Crippen LogP contribution in [0.1, 0.15) is 19.2 Å². The molecule has 0 aliphatic carbocycles. The Bertz CT molecular complexity index is 490. The second-order valence-corrected chi connectivity index (χ2v) is 3.83. The van der Waals surface area contributed by atoms with Crippen molar-refractivity contribution in [2.45, 2.75) is 26.5 Å². The van der Waals surface area contributed by atoms with E-state index in [4.69, 9.17) is 10.5 Å². The van der Waals surface area contributed by atoms with E-state index in [-0.39, 0.29) is 0 Å². The maximum atomic E-state index is 5.91. The van der Waals surface area contributed by atoms with Crippen LogP contribution in [0.5, 0.6) is 0 Å². The first kappa shape index (κ1) is 11.0. The third-order valence-corrected chi connectivity index (χ3v) is 2.61. The SMILES string of the molecule is CCCn1c(COC)nc2c(N)cccc21. The summed E-state index contributed by atoms with van der Waals surface area (Å²) in [6, 6.07) is 5.89. The largest absolute Gasteiger partial charge is 0.397 e. The lowest BCUT2D eigenvalue weighted by Crippen LogP contribution is -2.04. The highest BCUT2D eigenvalue weighted by atomic mass is 16.5. The number of aryl methyl sites for hydroxylation is 1. The summed E-state index contributed by atoms with van der Waals surface area (Å²) < 4.78 is 7.34. The fourth-order valence-corrected chi connectivity index (χ4v) is 1.93. The predicted octanol–water partition coefficient (Wildman–Crippen LogP) is 2.17. The Morgan fingerprint density at radius 3 is 2.94 bits per heavy atom. The number of imidazole rings is 1. The first-order chi connectivity index (χ1) is 7.77. The van der Waals surface area contributed by atoms with Gasteiger partial charge in [-0.25, -0.2) is 4.98 Å². The van der Waals surface area contributed by atoms with Crippen LogP contribution >= 0.6 is 0 Å². The summed E-state index contributed by atoms with van der Waals surface area (Å²) in [4.78, 5) is 4.53. The molecule has 0 unspecified atom stereocenters. The average molecular weight is 219 g/mol. The number of nitrogens with zero attached hydrogens (tertiary/aromatic N) is 2. The van der Waals surface area contributed by atoms with Crippen molar-refractivity contribution < 1.29 is 4.74 Å². The van der Waals surface area contributed by atoms with Gasteiger partial charge in [-0.3, -0.25) is 0 Å². The smallest absolute Gasteiger partial charge is 0.136 e. The van der Waals surface area contributed by atoms with Crippen LogP contribution in [0, 0.1) is 0 Å². The van der Waals surface area contributed by atoms with Crippen LogP contribution in [-0.2, 0) is 17.9 Å². The number of fused-ring (bicyclic) bond motifs is 1. The van der Waals surface area contributed by atoms with Crippen molar-refractivity contribution in [2.75, 3.05) is 12.8 Å². The van der Waals surface area contributed by atoms with E-state index in [2.05, 4.69) is 16.5 Å². The van der Waals surface area contributed by atoms with Crippen molar-refractivity contribution in [1.29, 1.82) is 0 Å². The zero-order valence-electron chi connectivity index (χ0n) is 9.73. The quantitative estimate of drug-likeness (QED) is 0.802. The second kappa shape index (κ2) is 4.53. The van der Waals surface area contributed by atoms with Crippen molar-refractivity contribution in [3.63, 3.8) is 0 Å². The van der Waals surface area contributed by atoms with Crippen LogP contribution in [0.2, 0.25) is 0 Å². The summed E-state index contributed by atoms with van der Waals surface area (Å²) in [6.07, 6.45) is 1.07. The molecule has 1 aromatic heterocycles. The van der Waals surface area contributed by atoms with Gasteiger partial charge in [0, 0.05) is 13.7 Å². The van der Waals surface area contributed by atoms with Gasteiger partial charge < -0.3 is 15.0 Å². The number of methoxy groups -OCH3 is 1. The van der Waals surface area contributed by atoms with Crippen molar-refractivity contribution >= 4 is 16.7 Å². The highest BCUT2D eigenvalue weighted by molar-refractivity contribution is 5.87. The molecule has 0 bridgehead atoms. The van der Waals surface area contributed by atoms with Crippen LogP contribution < -0.4 is 5.73 Å². The third-order valence-electron chi connectivity index (χ3n) is 2.61. The Balaban J connectivity index is 2.60. The van der Waals surface area contributed by atoms with Gasteiger partial charge in [-0.2, -0.15) is 0 Å². The molecular formula is C12H17N3O. The highest BCUT2D eigenvalue weighted by Crippen LogP contribution is 2.22. The molecule has 1 heterocycles. The molecule has 2 rings (SSSR count). The summed E-state index contributed by atoms with van der Waals surface area (Å²) in [5.41, 5.74) is 8.61. The molecule has 0 amide bonds. The minimum Gasteiger partial charge on any atom is -0.397 e. The van der Waals surface area contributed by atoms with E-state index in [1.807, 2.05) is 18.2 Å². The Kier molecular flexibility index (Phi) is 3.10. The number of hydrogen-bond acceptors (Lipinski definition) is 3. The van der Waals surface area contributed by atoms with Gasteiger partial charge in [-0.1, -0.05) is 13.0 Å². The molecule has 4 heteroatoms. The third kappa shape index (κ3) is 1.76. The molecule has 0 spiro atoms. The molecule has 0 radical (unpaired) electrons. The second-order valence-electron chi connectivity index (χ2n) is 3.83. The molecule has 0 saturated carbocycles. The minimum absolute atomic E-state index is 0.522. The molecule has 0 saturated heterocycles. The lowest BCUT2D eigenvalue weighted by molar-refractivity contribution is 0.174. The molecule has 0 atom stereocenters. The minimum atomic E-state index is 0.522. The van der Waals surface area contributed by atoms with Crippen LogP contribution in [0.25, 0.3) is 11.0 Å². The van der Waals surface area contributed by atoms with E-state index in [1.54, 1.807) is 7.11 Å². The predicted molar refractivity (Wildman–Crippen MR) is 65.1 cm³/mol. The lowest BCUT2D eigenvalue weighted by Gasteiger charge is -2.06. The van der Waals surface area contributed by atoms with Crippen LogP contribution in [-0.4, -0.2) is 16.7 Å². The molecule has 86 valence electrons. The molecule has 0 aliphatic rings.